The summed E-state index contributed by atoms with van der Waals surface area (Å²) in [5, 5.41) is 2.79. The Bertz CT molecular complexity index is 541. The summed E-state index contributed by atoms with van der Waals surface area (Å²) in [5.41, 5.74) is 2.30. The van der Waals surface area contributed by atoms with Crippen molar-refractivity contribution < 1.29 is 9.18 Å². The van der Waals surface area contributed by atoms with Gasteiger partial charge in [-0.2, -0.15) is 6.66 Å². The fraction of sp³-hybridized carbons (Fsp3) is 0.529. The minimum Gasteiger partial charge on any atom is -0.322 e. The van der Waals surface area contributed by atoms with Crippen LogP contribution in [0.3, 0.4) is 0 Å². The van der Waals surface area contributed by atoms with Crippen molar-refractivity contribution in [1.82, 2.24) is 0 Å². The van der Waals surface area contributed by atoms with Gasteiger partial charge >= 0.3 is 0 Å². The number of hydrogen-bond acceptors (Lipinski definition) is 1. The second kappa shape index (κ2) is 5.68. The largest absolute Gasteiger partial charge is 0.322 e. The summed E-state index contributed by atoms with van der Waals surface area (Å²) in [7, 11) is -1.53. The molecular formula is C17H25FNOP. The molecule has 1 aliphatic carbocycles. The summed E-state index contributed by atoms with van der Waals surface area (Å²) in [5.74, 6) is -0.177. The summed E-state index contributed by atoms with van der Waals surface area (Å²) in [6, 6.07) is 2.93. The first-order valence-electron chi connectivity index (χ1n) is 7.52. The van der Waals surface area contributed by atoms with E-state index in [2.05, 4.69) is 25.6 Å². The number of aryl methyl sites for hydroxylation is 2. The quantitative estimate of drug-likeness (QED) is 0.630. The molecule has 1 N–H and O–H groups in total. The average Bonchev–Trinajstić information content (AvgIpc) is 2.31. The molecule has 0 bridgehead atoms. The molecule has 116 valence electrons. The highest BCUT2D eigenvalue weighted by molar-refractivity contribution is 7.78. The van der Waals surface area contributed by atoms with E-state index in [1.54, 1.807) is 0 Å². The summed E-state index contributed by atoms with van der Waals surface area (Å²) >= 11 is 0. The highest BCUT2D eigenvalue weighted by Gasteiger charge is 2.56. The SMILES string of the molecule is [CH2-][P+](C)(CC)C1(C(=O)Nc2c(C)cc(F)cc2C)CCC1. The molecule has 0 heterocycles. The van der Waals surface area contributed by atoms with Crippen molar-refractivity contribution >= 4 is 18.9 Å². The molecule has 2 rings (SSSR count). The van der Waals surface area contributed by atoms with E-state index in [0.717, 1.165) is 42.2 Å². The van der Waals surface area contributed by atoms with E-state index in [4.69, 9.17) is 0 Å². The predicted molar refractivity (Wildman–Crippen MR) is 89.8 cm³/mol. The van der Waals surface area contributed by atoms with Crippen LogP contribution in [0, 0.1) is 26.3 Å². The monoisotopic (exact) mass is 309 g/mol. The van der Waals surface area contributed by atoms with Crippen LogP contribution in [0.1, 0.15) is 37.3 Å². The Balaban J connectivity index is 2.30. The number of nitrogens with one attached hydrogen (secondary N) is 1. The molecule has 0 radical (unpaired) electrons. The van der Waals surface area contributed by atoms with Gasteiger partial charge in [0.05, 0.1) is 0 Å². The number of amides is 1. The number of anilines is 1. The van der Waals surface area contributed by atoms with Gasteiger partial charge in [0.2, 0.25) is 0 Å². The molecule has 0 aromatic heterocycles. The van der Waals surface area contributed by atoms with Crippen LogP contribution >= 0.6 is 7.26 Å². The van der Waals surface area contributed by atoms with Crippen LogP contribution in [0.5, 0.6) is 0 Å². The zero-order valence-corrected chi connectivity index (χ0v) is 14.3. The second-order valence-electron chi connectivity index (χ2n) is 6.47. The third kappa shape index (κ3) is 2.73. The Kier molecular flexibility index (Phi) is 4.44. The topological polar surface area (TPSA) is 29.1 Å². The van der Waals surface area contributed by atoms with Crippen LogP contribution < -0.4 is 5.32 Å². The van der Waals surface area contributed by atoms with Crippen LogP contribution in [0.25, 0.3) is 0 Å². The van der Waals surface area contributed by atoms with Gasteiger partial charge in [-0.05, 0) is 63.3 Å². The van der Waals surface area contributed by atoms with Gasteiger partial charge < -0.3 is 5.32 Å². The Hall–Kier alpha value is -0.950. The molecule has 0 saturated heterocycles. The van der Waals surface area contributed by atoms with E-state index in [1.807, 2.05) is 13.8 Å². The fourth-order valence-corrected chi connectivity index (χ4v) is 5.71. The maximum Gasteiger partial charge on any atom is 0.265 e. The summed E-state index contributed by atoms with van der Waals surface area (Å²) in [6.07, 6.45) is 3.93. The van der Waals surface area contributed by atoms with E-state index in [0.29, 0.717) is 0 Å². The van der Waals surface area contributed by atoms with Crippen molar-refractivity contribution in [3.63, 3.8) is 0 Å². The van der Waals surface area contributed by atoms with Gasteiger partial charge in [-0.15, -0.1) is 7.26 Å². The number of hydrogen-bond donors (Lipinski definition) is 1. The van der Waals surface area contributed by atoms with E-state index >= 15 is 0 Å². The van der Waals surface area contributed by atoms with Gasteiger partial charge in [0.1, 0.15) is 11.0 Å². The minimum absolute atomic E-state index is 0.0826. The first kappa shape index (κ1) is 16.4. The first-order chi connectivity index (χ1) is 9.73. The van der Waals surface area contributed by atoms with Gasteiger partial charge in [0, 0.05) is 18.5 Å². The van der Waals surface area contributed by atoms with Crippen LogP contribution in [0.15, 0.2) is 12.1 Å². The first-order valence-corrected chi connectivity index (χ1v) is 10.1. The van der Waals surface area contributed by atoms with Crippen LogP contribution in [0.4, 0.5) is 10.1 Å². The maximum absolute atomic E-state index is 13.4. The van der Waals surface area contributed by atoms with Gasteiger partial charge in [0.15, 0.2) is 0 Å². The van der Waals surface area contributed by atoms with Crippen molar-refractivity contribution in [2.45, 2.75) is 45.2 Å². The predicted octanol–water partition coefficient (Wildman–Crippen LogP) is 4.76. The molecule has 0 spiro atoms. The Morgan fingerprint density at radius 1 is 1.38 bits per heavy atom. The molecule has 21 heavy (non-hydrogen) atoms. The van der Waals surface area contributed by atoms with Crippen molar-refractivity contribution in [3.8, 4) is 0 Å². The van der Waals surface area contributed by atoms with Crippen LogP contribution in [-0.4, -0.2) is 23.9 Å². The summed E-state index contributed by atoms with van der Waals surface area (Å²) in [6.45, 7) is 12.4. The zero-order chi connectivity index (χ0) is 15.8. The summed E-state index contributed by atoms with van der Waals surface area (Å²) < 4.78 is 13.4. The average molecular weight is 309 g/mol. The van der Waals surface area contributed by atoms with Gasteiger partial charge in [-0.1, -0.05) is 0 Å². The molecule has 1 fully saturated rings. The molecule has 1 atom stereocenters. The Labute approximate surface area is 127 Å². The molecule has 4 heteroatoms. The lowest BCUT2D eigenvalue weighted by atomic mass is 9.83. The molecule has 1 amide bonds. The Morgan fingerprint density at radius 2 is 1.90 bits per heavy atom. The molecule has 1 saturated carbocycles. The van der Waals surface area contributed by atoms with Gasteiger partial charge in [0.25, 0.3) is 5.91 Å². The standard InChI is InChI=1S/C17H25FNOP/c1-6-21(4,5)17(8-7-9-17)16(20)19-15-12(2)10-14(18)11-13(15)3/h10-11H,4,6-9H2,1-3,5H3,(H,19,20). The van der Waals surface area contributed by atoms with E-state index in [-0.39, 0.29) is 16.9 Å². The molecule has 1 aromatic carbocycles. The highest BCUT2D eigenvalue weighted by Crippen LogP contribution is 2.71. The third-order valence-electron chi connectivity index (χ3n) is 5.07. The number of halogens is 1. The second-order valence-corrected chi connectivity index (χ2v) is 10.7. The van der Waals surface area contributed by atoms with E-state index in [1.165, 1.54) is 12.1 Å². The molecule has 1 unspecified atom stereocenters. The molecule has 2 nitrogen and oxygen atoms in total. The number of benzene rings is 1. The lowest BCUT2D eigenvalue weighted by Crippen LogP contribution is -2.50. The molecule has 1 aliphatic rings. The lowest BCUT2D eigenvalue weighted by molar-refractivity contribution is -0.120. The maximum atomic E-state index is 13.4. The normalized spacial score (nSPS) is 19.5. The number of carbonyl (C=O) groups is 1. The van der Waals surface area contributed by atoms with Crippen molar-refractivity contribution in [2.75, 3.05) is 18.1 Å². The fourth-order valence-electron chi connectivity index (χ4n) is 3.16. The molecule has 1 aromatic rings. The number of carbonyl (C=O) groups excluding carboxylic acids is 1. The van der Waals surface area contributed by atoms with Crippen molar-refractivity contribution in [2.24, 2.45) is 0 Å². The smallest absolute Gasteiger partial charge is 0.265 e. The van der Waals surface area contributed by atoms with Crippen LogP contribution in [-0.2, 0) is 4.79 Å². The van der Waals surface area contributed by atoms with E-state index < -0.39 is 7.26 Å². The lowest BCUT2D eigenvalue weighted by Gasteiger charge is -2.50. The van der Waals surface area contributed by atoms with Crippen molar-refractivity contribution in [1.29, 1.82) is 0 Å². The third-order valence-corrected chi connectivity index (χ3v) is 9.18. The Morgan fingerprint density at radius 3 is 2.29 bits per heavy atom. The highest BCUT2D eigenvalue weighted by atomic mass is 31.2. The molecular weight excluding hydrogens is 284 g/mol. The minimum atomic E-state index is -1.53. The molecule has 0 aliphatic heterocycles. The zero-order valence-electron chi connectivity index (χ0n) is 13.4. The van der Waals surface area contributed by atoms with Gasteiger partial charge in [-0.25, -0.2) is 4.39 Å². The number of rotatable bonds is 4. The van der Waals surface area contributed by atoms with Gasteiger partial charge in [-0.3, -0.25) is 4.79 Å². The van der Waals surface area contributed by atoms with E-state index in [9.17, 15) is 9.18 Å². The van der Waals surface area contributed by atoms with Crippen molar-refractivity contribution in [3.05, 3.63) is 35.7 Å². The summed E-state index contributed by atoms with van der Waals surface area (Å²) in [4.78, 5) is 12.9. The van der Waals surface area contributed by atoms with Crippen LogP contribution in [0.2, 0.25) is 0 Å².